The zero-order valence-electron chi connectivity index (χ0n) is 15.5. The third kappa shape index (κ3) is 3.94. The van der Waals surface area contributed by atoms with Crippen LogP contribution < -0.4 is 13.8 Å². The minimum Gasteiger partial charge on any atom is -0.493 e. The third-order valence-corrected chi connectivity index (χ3v) is 6.05. The van der Waals surface area contributed by atoms with Crippen molar-refractivity contribution in [2.45, 2.75) is 11.4 Å². The van der Waals surface area contributed by atoms with E-state index in [1.807, 2.05) is 0 Å². The van der Waals surface area contributed by atoms with E-state index < -0.39 is 15.8 Å². The Kier molecular flexibility index (Phi) is 5.84. The fraction of sp³-hybridized carbons (Fsp3) is 0.143. The number of methoxy groups -OCH3 is 2. The highest BCUT2D eigenvalue weighted by molar-refractivity contribution is 7.92. The average molecular weight is 401 g/mol. The summed E-state index contributed by atoms with van der Waals surface area (Å²) < 4.78 is 52.6. The van der Waals surface area contributed by atoms with Crippen LogP contribution in [-0.4, -0.2) is 22.6 Å². The number of hydrogen-bond donors (Lipinski definition) is 0. The molecule has 0 bridgehead atoms. The molecule has 0 fully saturated rings. The Morgan fingerprint density at radius 2 is 1.50 bits per heavy atom. The SMILES string of the molecule is COc1ccc(N(Cc2ccccc2F)S(=O)(=O)c2ccccc2)cc1OC. The van der Waals surface area contributed by atoms with E-state index in [0.717, 1.165) is 4.31 Å². The molecule has 28 heavy (non-hydrogen) atoms. The number of hydrogen-bond acceptors (Lipinski definition) is 4. The summed E-state index contributed by atoms with van der Waals surface area (Å²) in [5.74, 6) is 0.368. The van der Waals surface area contributed by atoms with Gasteiger partial charge in [0.1, 0.15) is 5.82 Å². The summed E-state index contributed by atoms with van der Waals surface area (Å²) in [5, 5.41) is 0. The molecule has 5 nitrogen and oxygen atoms in total. The van der Waals surface area contributed by atoms with Crippen LogP contribution in [0.5, 0.6) is 11.5 Å². The number of rotatable bonds is 7. The monoisotopic (exact) mass is 401 g/mol. The van der Waals surface area contributed by atoms with E-state index in [1.165, 1.54) is 32.4 Å². The van der Waals surface area contributed by atoms with Gasteiger partial charge in [0.2, 0.25) is 0 Å². The van der Waals surface area contributed by atoms with Crippen molar-refractivity contribution in [3.63, 3.8) is 0 Å². The Balaban J connectivity index is 2.13. The fourth-order valence-electron chi connectivity index (χ4n) is 2.80. The predicted molar refractivity (Wildman–Crippen MR) is 106 cm³/mol. The lowest BCUT2D eigenvalue weighted by Gasteiger charge is -2.25. The standard InChI is InChI=1S/C21H20FNO4S/c1-26-20-13-12-17(14-21(20)27-2)23(15-16-8-6-7-11-19(16)22)28(24,25)18-9-4-3-5-10-18/h3-14H,15H2,1-2H3. The molecule has 0 N–H and O–H groups in total. The van der Waals surface area contributed by atoms with Gasteiger partial charge in [-0.3, -0.25) is 4.31 Å². The predicted octanol–water partition coefficient (Wildman–Crippen LogP) is 4.24. The molecule has 0 spiro atoms. The van der Waals surface area contributed by atoms with Crippen molar-refractivity contribution >= 4 is 15.7 Å². The van der Waals surface area contributed by atoms with Crippen LogP contribution in [-0.2, 0) is 16.6 Å². The van der Waals surface area contributed by atoms with Gasteiger partial charge in [0, 0.05) is 11.6 Å². The molecular weight excluding hydrogens is 381 g/mol. The zero-order valence-corrected chi connectivity index (χ0v) is 16.3. The van der Waals surface area contributed by atoms with Gasteiger partial charge in [-0.25, -0.2) is 12.8 Å². The van der Waals surface area contributed by atoms with Gasteiger partial charge in [-0.15, -0.1) is 0 Å². The summed E-state index contributed by atoms with van der Waals surface area (Å²) in [6.07, 6.45) is 0. The molecule has 3 aromatic carbocycles. The topological polar surface area (TPSA) is 55.8 Å². The molecule has 3 aromatic rings. The maximum atomic E-state index is 14.3. The highest BCUT2D eigenvalue weighted by Gasteiger charge is 2.27. The zero-order chi connectivity index (χ0) is 20.1. The number of sulfonamides is 1. The first-order chi connectivity index (χ1) is 13.5. The van der Waals surface area contributed by atoms with Crippen molar-refractivity contribution in [1.29, 1.82) is 0 Å². The molecule has 146 valence electrons. The molecule has 0 aliphatic heterocycles. The first-order valence-corrected chi connectivity index (χ1v) is 9.94. The quantitative estimate of drug-likeness (QED) is 0.594. The molecule has 0 saturated heterocycles. The Morgan fingerprint density at radius 3 is 2.14 bits per heavy atom. The van der Waals surface area contributed by atoms with E-state index >= 15 is 0 Å². The Morgan fingerprint density at radius 1 is 0.857 bits per heavy atom. The third-order valence-electron chi connectivity index (χ3n) is 4.26. The minimum absolute atomic E-state index is 0.112. The lowest BCUT2D eigenvalue weighted by molar-refractivity contribution is 0.355. The maximum absolute atomic E-state index is 14.3. The summed E-state index contributed by atoms with van der Waals surface area (Å²) in [6, 6.07) is 18.9. The molecule has 0 amide bonds. The average Bonchev–Trinajstić information content (AvgIpc) is 2.73. The van der Waals surface area contributed by atoms with Crippen molar-refractivity contribution in [2.75, 3.05) is 18.5 Å². The van der Waals surface area contributed by atoms with Gasteiger partial charge >= 0.3 is 0 Å². The van der Waals surface area contributed by atoms with Crippen LogP contribution >= 0.6 is 0 Å². The minimum atomic E-state index is -3.94. The summed E-state index contributed by atoms with van der Waals surface area (Å²) >= 11 is 0. The molecule has 0 aliphatic rings. The first-order valence-electron chi connectivity index (χ1n) is 8.50. The van der Waals surface area contributed by atoms with E-state index in [4.69, 9.17) is 9.47 Å². The van der Waals surface area contributed by atoms with Gasteiger partial charge in [-0.1, -0.05) is 36.4 Å². The van der Waals surface area contributed by atoms with Crippen LogP contribution in [0.1, 0.15) is 5.56 Å². The van der Waals surface area contributed by atoms with Crippen molar-refractivity contribution in [3.05, 3.63) is 84.2 Å². The van der Waals surface area contributed by atoms with Crippen molar-refractivity contribution in [3.8, 4) is 11.5 Å². The molecule has 0 aromatic heterocycles. The van der Waals surface area contributed by atoms with Crippen LogP contribution in [0.2, 0.25) is 0 Å². The Hall–Kier alpha value is -3.06. The van der Waals surface area contributed by atoms with Gasteiger partial charge in [0.05, 0.1) is 31.3 Å². The fourth-order valence-corrected chi connectivity index (χ4v) is 4.25. The van der Waals surface area contributed by atoms with Gasteiger partial charge in [-0.05, 0) is 30.3 Å². The first kappa shape index (κ1) is 19.7. The second-order valence-electron chi connectivity index (χ2n) is 5.96. The lowest BCUT2D eigenvalue weighted by Crippen LogP contribution is -2.31. The van der Waals surface area contributed by atoms with Gasteiger partial charge < -0.3 is 9.47 Å². The van der Waals surface area contributed by atoms with Crippen molar-refractivity contribution < 1.29 is 22.3 Å². The summed E-state index contributed by atoms with van der Waals surface area (Å²) in [5.41, 5.74) is 0.599. The molecule has 0 unspecified atom stereocenters. The lowest BCUT2D eigenvalue weighted by atomic mass is 10.2. The summed E-state index contributed by atoms with van der Waals surface area (Å²) in [4.78, 5) is 0.112. The maximum Gasteiger partial charge on any atom is 0.264 e. The summed E-state index contributed by atoms with van der Waals surface area (Å²) in [7, 11) is -0.981. The van der Waals surface area contributed by atoms with E-state index in [1.54, 1.807) is 54.6 Å². The molecule has 0 atom stereocenters. The van der Waals surface area contributed by atoms with Crippen LogP contribution in [0, 0.1) is 5.82 Å². The van der Waals surface area contributed by atoms with E-state index in [-0.39, 0.29) is 17.0 Å². The van der Waals surface area contributed by atoms with Crippen molar-refractivity contribution in [2.24, 2.45) is 0 Å². The second kappa shape index (κ2) is 8.31. The number of ether oxygens (including phenoxy) is 2. The molecule has 3 rings (SSSR count). The second-order valence-corrected chi connectivity index (χ2v) is 7.82. The van der Waals surface area contributed by atoms with E-state index in [0.29, 0.717) is 17.2 Å². The largest absolute Gasteiger partial charge is 0.493 e. The molecule has 0 aliphatic carbocycles. The van der Waals surface area contributed by atoms with Crippen LogP contribution in [0.4, 0.5) is 10.1 Å². The van der Waals surface area contributed by atoms with E-state index in [2.05, 4.69) is 0 Å². The Bertz CT molecular complexity index is 1060. The van der Waals surface area contributed by atoms with Gasteiger partial charge in [-0.2, -0.15) is 0 Å². The van der Waals surface area contributed by atoms with Crippen molar-refractivity contribution in [1.82, 2.24) is 0 Å². The smallest absolute Gasteiger partial charge is 0.264 e. The van der Waals surface area contributed by atoms with Crippen LogP contribution in [0.25, 0.3) is 0 Å². The number of nitrogens with zero attached hydrogens (tertiary/aromatic N) is 1. The number of anilines is 1. The van der Waals surface area contributed by atoms with Gasteiger partial charge in [0.15, 0.2) is 11.5 Å². The molecular formula is C21H20FNO4S. The van der Waals surface area contributed by atoms with Gasteiger partial charge in [0.25, 0.3) is 10.0 Å². The van der Waals surface area contributed by atoms with Crippen LogP contribution in [0.3, 0.4) is 0 Å². The normalized spacial score (nSPS) is 11.1. The number of halogens is 1. The number of benzene rings is 3. The molecule has 0 heterocycles. The molecule has 7 heteroatoms. The highest BCUT2D eigenvalue weighted by atomic mass is 32.2. The van der Waals surface area contributed by atoms with Crippen LogP contribution in [0.15, 0.2) is 77.7 Å². The molecule has 0 saturated carbocycles. The summed E-state index contributed by atoms with van der Waals surface area (Å²) in [6.45, 7) is -0.167. The molecule has 0 radical (unpaired) electrons. The van der Waals surface area contributed by atoms with E-state index in [9.17, 15) is 12.8 Å². The highest BCUT2D eigenvalue weighted by Crippen LogP contribution is 2.34. The Labute approximate surface area is 164 Å².